The lowest BCUT2D eigenvalue weighted by Crippen LogP contribution is -2.48. The number of ether oxygens (including phenoxy) is 1. The second-order valence-electron chi connectivity index (χ2n) is 9.95. The molecule has 39 heavy (non-hydrogen) atoms. The van der Waals surface area contributed by atoms with Crippen LogP contribution in [0.25, 0.3) is 0 Å². The number of aliphatic hydroxyl groups is 2. The Bertz CT molecular complexity index is 1620. The summed E-state index contributed by atoms with van der Waals surface area (Å²) in [7, 11) is 0. The predicted molar refractivity (Wildman–Crippen MR) is 140 cm³/mol. The van der Waals surface area contributed by atoms with Gasteiger partial charge in [-0.2, -0.15) is 5.26 Å². The van der Waals surface area contributed by atoms with Gasteiger partial charge in [0, 0.05) is 28.4 Å². The molecule has 1 aromatic heterocycles. The zero-order chi connectivity index (χ0) is 31.6. The first-order valence-electron chi connectivity index (χ1n) is 14.3. The number of fused-ring (bicyclic) bond motifs is 1. The maximum atomic E-state index is 16.5. The fraction of sp³-hybridized carbons (Fsp3) is 0.379. The van der Waals surface area contributed by atoms with E-state index >= 15 is 4.39 Å². The van der Waals surface area contributed by atoms with Crippen molar-refractivity contribution < 1.29 is 29.6 Å². The molecule has 202 valence electrons. The van der Waals surface area contributed by atoms with E-state index in [1.807, 2.05) is 6.07 Å². The zero-order valence-electron chi connectivity index (χ0n) is 25.2. The van der Waals surface area contributed by atoms with Crippen LogP contribution in [-0.2, 0) is 22.6 Å². The summed E-state index contributed by atoms with van der Waals surface area (Å²) in [5.74, 6) is -1.78. The van der Waals surface area contributed by atoms with E-state index in [1.54, 1.807) is 6.92 Å². The topological polar surface area (TPSA) is 120 Å². The van der Waals surface area contributed by atoms with Crippen molar-refractivity contribution in [2.45, 2.75) is 51.0 Å². The number of nitrogens with zero attached hydrogens (tertiary/aromatic N) is 4. The fourth-order valence-corrected chi connectivity index (χ4v) is 4.68. The smallest absolute Gasteiger partial charge is 0.257 e. The molecular formula is C29H28ClFN4O4. The molecule has 2 heterocycles. The molecule has 0 spiro atoms. The van der Waals surface area contributed by atoms with Crippen LogP contribution in [0.5, 0.6) is 0 Å². The van der Waals surface area contributed by atoms with Crippen molar-refractivity contribution in [3.8, 4) is 6.07 Å². The van der Waals surface area contributed by atoms with Gasteiger partial charge in [-0.05, 0) is 56.0 Å². The molecule has 1 fully saturated rings. The van der Waals surface area contributed by atoms with Gasteiger partial charge in [-0.1, -0.05) is 30.7 Å². The molecule has 1 aliphatic heterocycles. The highest BCUT2D eigenvalue weighted by Crippen LogP contribution is 2.52. The first kappa shape index (κ1) is 22.4. The van der Waals surface area contributed by atoms with Crippen LogP contribution < -0.4 is 0 Å². The van der Waals surface area contributed by atoms with E-state index in [0.29, 0.717) is 0 Å². The Morgan fingerprint density at radius 2 is 1.95 bits per heavy atom. The molecule has 2 atom stereocenters. The summed E-state index contributed by atoms with van der Waals surface area (Å²) >= 11 is 6.15. The molecule has 8 nitrogen and oxygen atoms in total. The van der Waals surface area contributed by atoms with E-state index in [2.05, 4.69) is 9.97 Å². The number of aromatic nitrogens is 2. The van der Waals surface area contributed by atoms with Gasteiger partial charge >= 0.3 is 0 Å². The van der Waals surface area contributed by atoms with Crippen molar-refractivity contribution >= 4 is 17.5 Å². The molecule has 0 bridgehead atoms. The largest absolute Gasteiger partial charge is 0.396 e. The van der Waals surface area contributed by atoms with Crippen LogP contribution in [0.3, 0.4) is 0 Å². The Kier molecular flexibility index (Phi) is 5.72. The van der Waals surface area contributed by atoms with Crippen LogP contribution in [0.4, 0.5) is 4.39 Å². The first-order chi connectivity index (χ1) is 20.0. The minimum absolute atomic E-state index is 0.0162. The number of hydrogen-bond donors (Lipinski definition) is 2. The Labute approximate surface area is 236 Å². The number of hydrogen-bond acceptors (Lipinski definition) is 7. The summed E-state index contributed by atoms with van der Waals surface area (Å²) in [5.41, 5.74) is -6.18. The summed E-state index contributed by atoms with van der Waals surface area (Å²) in [6, 6.07) is 10.0. The fourth-order valence-electron chi connectivity index (χ4n) is 4.55. The molecule has 1 unspecified atom stereocenters. The number of benzene rings is 2. The molecular weight excluding hydrogens is 523 g/mol. The van der Waals surface area contributed by atoms with Gasteiger partial charge in [-0.25, -0.2) is 14.4 Å². The third-order valence-electron chi connectivity index (χ3n) is 7.32. The van der Waals surface area contributed by atoms with Gasteiger partial charge in [0.15, 0.2) is 5.72 Å². The van der Waals surface area contributed by atoms with E-state index in [1.165, 1.54) is 49.6 Å². The molecule has 2 N–H and O–H groups in total. The lowest BCUT2D eigenvalue weighted by atomic mass is 9.87. The molecule has 3 aromatic rings. The second kappa shape index (κ2) is 9.96. The number of carbonyl (C=O) groups excluding carboxylic acids is 1. The number of nitriles is 1. The van der Waals surface area contributed by atoms with Gasteiger partial charge in [-0.15, -0.1) is 0 Å². The quantitative estimate of drug-likeness (QED) is 0.402. The number of halogens is 2. The Morgan fingerprint density at radius 1 is 1.28 bits per heavy atom. The van der Waals surface area contributed by atoms with Crippen molar-refractivity contribution in [1.82, 2.24) is 14.9 Å². The molecule has 0 radical (unpaired) electrons. The van der Waals surface area contributed by atoms with E-state index in [0.717, 1.165) is 11.0 Å². The molecule has 0 saturated heterocycles. The van der Waals surface area contributed by atoms with Crippen LogP contribution in [0.2, 0.25) is 5.02 Å². The third kappa shape index (κ3) is 4.68. The average Bonchev–Trinajstić information content (AvgIpc) is 3.75. The predicted octanol–water partition coefficient (Wildman–Crippen LogP) is 4.40. The lowest BCUT2D eigenvalue weighted by Gasteiger charge is -2.40. The molecule has 2 aromatic carbocycles. The molecule has 1 amide bonds. The maximum Gasteiger partial charge on any atom is 0.257 e. The van der Waals surface area contributed by atoms with Crippen LogP contribution in [0.15, 0.2) is 48.8 Å². The number of amides is 1. The maximum absolute atomic E-state index is 16.5. The minimum atomic E-state index is -3.02. The van der Waals surface area contributed by atoms with Gasteiger partial charge < -0.3 is 14.9 Å². The van der Waals surface area contributed by atoms with Crippen LogP contribution in [-0.4, -0.2) is 44.1 Å². The van der Waals surface area contributed by atoms with Gasteiger partial charge in [0.05, 0.1) is 47.4 Å². The highest BCUT2D eigenvalue weighted by molar-refractivity contribution is 6.30. The van der Waals surface area contributed by atoms with Gasteiger partial charge in [0.2, 0.25) is 0 Å². The van der Waals surface area contributed by atoms with E-state index in [4.69, 9.17) is 27.1 Å². The average molecular weight is 555 g/mol. The van der Waals surface area contributed by atoms with Crippen LogP contribution in [0, 0.1) is 22.6 Å². The van der Waals surface area contributed by atoms with E-state index < -0.39 is 48.1 Å². The Hall–Kier alpha value is -3.42. The highest BCUT2D eigenvalue weighted by Gasteiger charge is 2.56. The summed E-state index contributed by atoms with van der Waals surface area (Å²) in [5, 5.41) is 30.8. The van der Waals surface area contributed by atoms with Gasteiger partial charge in [0.1, 0.15) is 17.7 Å². The number of rotatable bonds is 9. The monoisotopic (exact) mass is 554 g/mol. The molecule has 1 saturated carbocycles. The Balaban J connectivity index is 1.81. The van der Waals surface area contributed by atoms with Gasteiger partial charge in [-0.3, -0.25) is 9.69 Å². The first-order valence-corrected chi connectivity index (χ1v) is 12.7. The molecule has 5 rings (SSSR count). The standard InChI is InChI=1S/C29H28ClFN4O4/c1-3-27(2,38)20-10-22-25(23(31)11-20)29(19-4-6-21(30)7-5-19,39-17-28(16-36)8-9-28)35(26(22)37)15-24-33-13-18(12-32)14-34-24/h4-7,10-11,13-14,36,38H,3,8-9,15-17H2,1-2H3/t27?,29-/m1/s1/i16D2,17D2. The van der Waals surface area contributed by atoms with Crippen LogP contribution in [0.1, 0.15) is 77.0 Å². The minimum Gasteiger partial charge on any atom is -0.396 e. The number of carbonyl (C=O) groups is 1. The van der Waals surface area contributed by atoms with Crippen LogP contribution >= 0.6 is 11.6 Å². The van der Waals surface area contributed by atoms with Crippen molar-refractivity contribution in [3.05, 3.63) is 93.3 Å². The molecule has 1 aliphatic carbocycles. The normalized spacial score (nSPS) is 23.1. The lowest BCUT2D eigenvalue weighted by molar-refractivity contribution is -0.131. The van der Waals surface area contributed by atoms with Crippen molar-refractivity contribution in [2.24, 2.45) is 5.41 Å². The van der Waals surface area contributed by atoms with Crippen molar-refractivity contribution in [2.75, 3.05) is 13.1 Å². The van der Waals surface area contributed by atoms with E-state index in [9.17, 15) is 15.0 Å². The molecule has 10 heteroatoms. The highest BCUT2D eigenvalue weighted by atomic mass is 35.5. The van der Waals surface area contributed by atoms with E-state index in [-0.39, 0.29) is 57.9 Å². The summed E-state index contributed by atoms with van der Waals surface area (Å²) in [6.07, 6.45) is 2.49. The SMILES string of the molecule is [2H]C([2H])(O)C1(C([2H])([2H])O[C@]2(c3ccc(Cl)cc3)c3c(F)cc(C(C)(O)CC)cc3C(=O)N2Cc2ncc(C#N)cn2)CC1. The second-order valence-corrected chi connectivity index (χ2v) is 10.4. The third-order valence-corrected chi connectivity index (χ3v) is 7.57. The molecule has 2 aliphatic rings. The zero-order valence-corrected chi connectivity index (χ0v) is 22.0. The van der Waals surface area contributed by atoms with Crippen molar-refractivity contribution in [3.63, 3.8) is 0 Å². The Morgan fingerprint density at radius 3 is 2.51 bits per heavy atom. The summed E-state index contributed by atoms with van der Waals surface area (Å²) in [4.78, 5) is 23.6. The summed E-state index contributed by atoms with van der Waals surface area (Å²) in [6.45, 7) is -3.27. The van der Waals surface area contributed by atoms with Gasteiger partial charge in [0.25, 0.3) is 5.91 Å². The van der Waals surface area contributed by atoms with Crippen molar-refractivity contribution in [1.29, 1.82) is 5.26 Å². The summed E-state index contributed by atoms with van der Waals surface area (Å²) < 4.78 is 56.6.